The zero-order chi connectivity index (χ0) is 15.6. The zero-order valence-electron chi connectivity index (χ0n) is 14.0. The van der Waals surface area contributed by atoms with Crippen LogP contribution in [0.1, 0.15) is 47.5 Å². The summed E-state index contributed by atoms with van der Waals surface area (Å²) in [5, 5.41) is 5.95. The third-order valence-electron chi connectivity index (χ3n) is 5.33. The maximum Gasteiger partial charge on any atom is 0.253 e. The first-order valence-electron chi connectivity index (χ1n) is 8.85. The fourth-order valence-corrected chi connectivity index (χ4v) is 4.03. The summed E-state index contributed by atoms with van der Waals surface area (Å²) in [5.41, 5.74) is 2.28. The third-order valence-corrected chi connectivity index (χ3v) is 5.33. The first-order valence-corrected chi connectivity index (χ1v) is 8.85. The SMILES string of the molecule is Cl.O=C(c1ccc2c(C3CCNCC3)cccc2c1)N1CCCC1. The number of benzene rings is 2. The molecule has 128 valence electrons. The van der Waals surface area contributed by atoms with Gasteiger partial charge in [0.15, 0.2) is 0 Å². The Morgan fingerprint density at radius 2 is 1.79 bits per heavy atom. The van der Waals surface area contributed by atoms with Crippen molar-refractivity contribution in [3.05, 3.63) is 47.5 Å². The number of fused-ring (bicyclic) bond motifs is 1. The zero-order valence-corrected chi connectivity index (χ0v) is 14.8. The molecule has 1 N–H and O–H groups in total. The summed E-state index contributed by atoms with van der Waals surface area (Å²) in [5.74, 6) is 0.830. The molecule has 4 rings (SSSR count). The van der Waals surface area contributed by atoms with Gasteiger partial charge in [0, 0.05) is 18.7 Å². The van der Waals surface area contributed by atoms with Crippen LogP contribution in [0.4, 0.5) is 0 Å². The molecular weight excluding hydrogens is 320 g/mol. The summed E-state index contributed by atoms with van der Waals surface area (Å²) < 4.78 is 0. The van der Waals surface area contributed by atoms with Crippen molar-refractivity contribution in [3.8, 4) is 0 Å². The van der Waals surface area contributed by atoms with Crippen molar-refractivity contribution in [2.24, 2.45) is 0 Å². The van der Waals surface area contributed by atoms with Crippen molar-refractivity contribution in [3.63, 3.8) is 0 Å². The minimum Gasteiger partial charge on any atom is -0.339 e. The van der Waals surface area contributed by atoms with E-state index >= 15 is 0 Å². The number of nitrogens with one attached hydrogen (secondary N) is 1. The lowest BCUT2D eigenvalue weighted by Crippen LogP contribution is -2.27. The van der Waals surface area contributed by atoms with Crippen LogP contribution in [-0.2, 0) is 0 Å². The third kappa shape index (κ3) is 3.28. The molecule has 0 saturated carbocycles. The summed E-state index contributed by atoms with van der Waals surface area (Å²) in [4.78, 5) is 14.6. The van der Waals surface area contributed by atoms with E-state index in [0.29, 0.717) is 5.92 Å². The van der Waals surface area contributed by atoms with Gasteiger partial charge < -0.3 is 10.2 Å². The molecule has 2 aromatic carbocycles. The number of nitrogens with zero attached hydrogens (tertiary/aromatic N) is 1. The van der Waals surface area contributed by atoms with Gasteiger partial charge in [-0.2, -0.15) is 0 Å². The molecule has 1 amide bonds. The maximum atomic E-state index is 12.6. The molecule has 0 spiro atoms. The maximum absolute atomic E-state index is 12.6. The Hall–Kier alpha value is -1.58. The molecule has 0 atom stereocenters. The van der Waals surface area contributed by atoms with Crippen molar-refractivity contribution < 1.29 is 4.79 Å². The molecule has 0 aliphatic carbocycles. The highest BCUT2D eigenvalue weighted by Gasteiger charge is 2.21. The van der Waals surface area contributed by atoms with Crippen LogP contribution in [0.5, 0.6) is 0 Å². The van der Waals surface area contributed by atoms with Gasteiger partial charge in [0.05, 0.1) is 0 Å². The van der Waals surface area contributed by atoms with Crippen molar-refractivity contribution in [1.82, 2.24) is 10.2 Å². The predicted molar refractivity (Wildman–Crippen MR) is 101 cm³/mol. The highest BCUT2D eigenvalue weighted by atomic mass is 35.5. The molecule has 3 nitrogen and oxygen atoms in total. The predicted octanol–water partition coefficient (Wildman–Crippen LogP) is 3.96. The standard InChI is InChI=1S/C20H24N2O.ClH/c23-20(22-12-1-2-13-22)17-6-7-19-16(14-17)4-3-5-18(19)15-8-10-21-11-9-15;/h3-7,14-15,21H,1-2,8-13H2;1H. The number of hydrogen-bond acceptors (Lipinski definition) is 2. The minimum atomic E-state index is 0. The molecule has 0 bridgehead atoms. The summed E-state index contributed by atoms with van der Waals surface area (Å²) in [7, 11) is 0. The number of rotatable bonds is 2. The van der Waals surface area contributed by atoms with Crippen LogP contribution < -0.4 is 5.32 Å². The van der Waals surface area contributed by atoms with E-state index in [4.69, 9.17) is 0 Å². The van der Waals surface area contributed by atoms with Crippen LogP contribution in [0.2, 0.25) is 0 Å². The quantitative estimate of drug-likeness (QED) is 0.894. The molecule has 2 aliphatic rings. The molecule has 0 aromatic heterocycles. The smallest absolute Gasteiger partial charge is 0.253 e. The molecule has 24 heavy (non-hydrogen) atoms. The topological polar surface area (TPSA) is 32.3 Å². The van der Waals surface area contributed by atoms with E-state index in [0.717, 1.165) is 44.6 Å². The monoisotopic (exact) mass is 344 g/mol. The van der Waals surface area contributed by atoms with Gasteiger partial charge >= 0.3 is 0 Å². The summed E-state index contributed by atoms with van der Waals surface area (Å²) >= 11 is 0. The summed E-state index contributed by atoms with van der Waals surface area (Å²) in [6.45, 7) is 4.02. The van der Waals surface area contributed by atoms with Crippen LogP contribution in [0.3, 0.4) is 0 Å². The van der Waals surface area contributed by atoms with Crippen molar-refractivity contribution in [1.29, 1.82) is 0 Å². The molecule has 0 radical (unpaired) electrons. The molecule has 0 unspecified atom stereocenters. The van der Waals surface area contributed by atoms with Crippen LogP contribution in [-0.4, -0.2) is 37.0 Å². The lowest BCUT2D eigenvalue weighted by molar-refractivity contribution is 0.0793. The Labute approximate surface area is 149 Å². The van der Waals surface area contributed by atoms with E-state index in [-0.39, 0.29) is 18.3 Å². The summed E-state index contributed by atoms with van der Waals surface area (Å²) in [6.07, 6.45) is 4.68. The van der Waals surface area contributed by atoms with Gasteiger partial charge in [-0.15, -0.1) is 12.4 Å². The number of hydrogen-bond donors (Lipinski definition) is 1. The average molecular weight is 345 g/mol. The fourth-order valence-electron chi connectivity index (χ4n) is 4.03. The summed E-state index contributed by atoms with van der Waals surface area (Å²) in [6, 6.07) is 12.8. The largest absolute Gasteiger partial charge is 0.339 e. The van der Waals surface area contributed by atoms with Gasteiger partial charge in [-0.3, -0.25) is 4.79 Å². The van der Waals surface area contributed by atoms with Crippen LogP contribution in [0, 0.1) is 0 Å². The molecule has 4 heteroatoms. The van der Waals surface area contributed by atoms with Crippen molar-refractivity contribution >= 4 is 29.1 Å². The average Bonchev–Trinajstić information content (AvgIpc) is 3.15. The first-order chi connectivity index (χ1) is 11.3. The second kappa shape index (κ2) is 7.54. The second-order valence-corrected chi connectivity index (χ2v) is 6.81. The van der Waals surface area contributed by atoms with Gasteiger partial charge in [0.25, 0.3) is 5.91 Å². The van der Waals surface area contributed by atoms with Gasteiger partial charge in [-0.05, 0) is 73.2 Å². The minimum absolute atomic E-state index is 0. The molecule has 2 fully saturated rings. The second-order valence-electron chi connectivity index (χ2n) is 6.81. The van der Waals surface area contributed by atoms with E-state index in [1.165, 1.54) is 29.2 Å². The number of halogens is 1. The highest BCUT2D eigenvalue weighted by molar-refractivity contribution is 5.99. The Bertz CT molecular complexity index is 719. The molecule has 2 aromatic rings. The van der Waals surface area contributed by atoms with Crippen molar-refractivity contribution in [2.45, 2.75) is 31.6 Å². The number of carbonyl (C=O) groups is 1. The molecule has 2 saturated heterocycles. The Balaban J connectivity index is 0.00000169. The first kappa shape index (κ1) is 17.2. The number of amides is 1. The molecule has 2 aliphatic heterocycles. The van der Waals surface area contributed by atoms with E-state index in [1.807, 2.05) is 11.0 Å². The van der Waals surface area contributed by atoms with Gasteiger partial charge in [-0.25, -0.2) is 0 Å². The Morgan fingerprint density at radius 3 is 2.54 bits per heavy atom. The molecule has 2 heterocycles. The highest BCUT2D eigenvalue weighted by Crippen LogP contribution is 2.32. The Morgan fingerprint density at radius 1 is 1.04 bits per heavy atom. The van der Waals surface area contributed by atoms with Gasteiger partial charge in [0.2, 0.25) is 0 Å². The number of piperidine rings is 1. The van der Waals surface area contributed by atoms with E-state index in [2.05, 4.69) is 35.6 Å². The lowest BCUT2D eigenvalue weighted by atomic mass is 9.86. The van der Waals surface area contributed by atoms with Crippen LogP contribution in [0.15, 0.2) is 36.4 Å². The van der Waals surface area contributed by atoms with Crippen molar-refractivity contribution in [2.75, 3.05) is 26.2 Å². The lowest BCUT2D eigenvalue weighted by Gasteiger charge is -2.24. The Kier molecular flexibility index (Phi) is 5.42. The fraction of sp³-hybridized carbons (Fsp3) is 0.450. The molecular formula is C20H25ClN2O. The number of likely N-dealkylation sites (tertiary alicyclic amines) is 1. The number of carbonyl (C=O) groups excluding carboxylic acids is 1. The van der Waals surface area contributed by atoms with E-state index in [1.54, 1.807) is 0 Å². The van der Waals surface area contributed by atoms with E-state index < -0.39 is 0 Å². The van der Waals surface area contributed by atoms with Gasteiger partial charge in [-0.1, -0.05) is 24.3 Å². The van der Waals surface area contributed by atoms with E-state index in [9.17, 15) is 4.79 Å². The van der Waals surface area contributed by atoms with Gasteiger partial charge in [0.1, 0.15) is 0 Å². The van der Waals surface area contributed by atoms with Crippen LogP contribution in [0.25, 0.3) is 10.8 Å². The van der Waals surface area contributed by atoms with Crippen LogP contribution >= 0.6 is 12.4 Å². The normalized spacial score (nSPS) is 18.6.